The fraction of sp³-hybridized carbons (Fsp3) is 0. The molecule has 6 heteroatoms. The largest absolute Gasteiger partial charge is 0.318 e. The van der Waals surface area contributed by atoms with Crippen molar-refractivity contribution in [2.45, 2.75) is 4.21 Å². The zero-order chi connectivity index (χ0) is 6.85. The number of aromatic amines is 1. The summed E-state index contributed by atoms with van der Waals surface area (Å²) in [5, 5.41) is 0. The minimum absolute atomic E-state index is 0.0787. The summed E-state index contributed by atoms with van der Waals surface area (Å²) in [7, 11) is -2.59. The molecule has 0 aliphatic rings. The Bertz CT molecular complexity index is 312. The number of thiol groups is 1. The molecule has 0 spiro atoms. The molecule has 1 N–H and O–H groups in total. The highest BCUT2D eigenvalue weighted by atomic mass is 32.2. The first-order chi connectivity index (χ1) is 4.20. The van der Waals surface area contributed by atoms with Gasteiger partial charge >= 0.3 is 4.87 Å². The molecule has 50 valence electrons. The van der Waals surface area contributed by atoms with Crippen LogP contribution in [0.1, 0.15) is 0 Å². The zero-order valence-corrected chi connectivity index (χ0v) is 5.87. The van der Waals surface area contributed by atoms with E-state index in [1.54, 1.807) is 0 Å². The van der Waals surface area contributed by atoms with E-state index in [2.05, 4.69) is 4.98 Å². The summed E-state index contributed by atoms with van der Waals surface area (Å²) in [4.78, 5) is 12.2. The van der Waals surface area contributed by atoms with E-state index >= 15 is 0 Å². The molecule has 1 rings (SSSR count). The molecular weight excluding hydrogens is 162 g/mol. The van der Waals surface area contributed by atoms with E-state index < -0.39 is 10.7 Å². The predicted molar refractivity (Wildman–Crippen MR) is 33.5 cm³/mol. The van der Waals surface area contributed by atoms with Crippen LogP contribution in [-0.2, 0) is 10.7 Å². The lowest BCUT2D eigenvalue weighted by Gasteiger charge is -1.68. The molecular formula is C3H3NO3S2. The van der Waals surface area contributed by atoms with Gasteiger partial charge in [-0.25, -0.2) is 8.42 Å². The van der Waals surface area contributed by atoms with Crippen LogP contribution in [0.5, 0.6) is 0 Å². The number of nitrogens with one attached hydrogen (secondary N) is 1. The van der Waals surface area contributed by atoms with Crippen molar-refractivity contribution in [1.29, 1.82) is 0 Å². The van der Waals surface area contributed by atoms with Crippen LogP contribution >= 0.6 is 11.3 Å². The van der Waals surface area contributed by atoms with E-state index in [0.29, 0.717) is 11.3 Å². The third-order valence-corrected chi connectivity index (χ3v) is 2.53. The van der Waals surface area contributed by atoms with Crippen LogP contribution in [0.25, 0.3) is 0 Å². The summed E-state index contributed by atoms with van der Waals surface area (Å²) in [6.45, 7) is 0. The topological polar surface area (TPSA) is 67.0 Å². The van der Waals surface area contributed by atoms with E-state index in [1.807, 2.05) is 0 Å². The second-order valence-electron chi connectivity index (χ2n) is 1.27. The van der Waals surface area contributed by atoms with Gasteiger partial charge in [0.25, 0.3) is 0 Å². The van der Waals surface area contributed by atoms with Gasteiger partial charge in [-0.1, -0.05) is 11.3 Å². The summed E-state index contributed by atoms with van der Waals surface area (Å²) in [6.07, 6.45) is 1.18. The molecule has 0 bridgehead atoms. The van der Waals surface area contributed by atoms with E-state index in [-0.39, 0.29) is 9.08 Å². The lowest BCUT2D eigenvalue weighted by molar-refractivity contribution is 0.616. The summed E-state index contributed by atoms with van der Waals surface area (Å²) >= 11 is 0.689. The lowest BCUT2D eigenvalue weighted by Crippen LogP contribution is -1.88. The molecule has 1 aromatic rings. The van der Waals surface area contributed by atoms with Gasteiger partial charge in [0.2, 0.25) is 0 Å². The molecule has 0 aromatic carbocycles. The Morgan fingerprint density at radius 3 is 2.44 bits per heavy atom. The first kappa shape index (κ1) is 6.50. The summed E-state index contributed by atoms with van der Waals surface area (Å²) < 4.78 is 20.3. The molecule has 0 unspecified atom stereocenters. The molecule has 0 saturated heterocycles. The predicted octanol–water partition coefficient (Wildman–Crippen LogP) is -0.593. The highest BCUT2D eigenvalue weighted by Crippen LogP contribution is 1.99. The minimum atomic E-state index is -2.59. The Balaban J connectivity index is 3.28. The van der Waals surface area contributed by atoms with Crippen LogP contribution in [0.4, 0.5) is 0 Å². The zero-order valence-electron chi connectivity index (χ0n) is 4.16. The standard InChI is InChI=1S/C3H3NO3S2/c5-3-4-1-2(8-3)9(6)7/h1,9H,(H,4,5). The number of H-pyrrole nitrogens is 1. The highest BCUT2D eigenvalue weighted by Gasteiger charge is 1.95. The van der Waals surface area contributed by atoms with Gasteiger partial charge in [-0.2, -0.15) is 0 Å². The number of hydrogen-bond acceptors (Lipinski definition) is 4. The Morgan fingerprint density at radius 2 is 2.22 bits per heavy atom. The van der Waals surface area contributed by atoms with E-state index in [9.17, 15) is 13.2 Å². The van der Waals surface area contributed by atoms with Crippen molar-refractivity contribution >= 4 is 22.0 Å². The van der Waals surface area contributed by atoms with Crippen molar-refractivity contribution in [3.63, 3.8) is 0 Å². The maximum atomic E-state index is 10.3. The van der Waals surface area contributed by atoms with Crippen LogP contribution in [0.3, 0.4) is 0 Å². The first-order valence-electron chi connectivity index (χ1n) is 2.03. The van der Waals surface area contributed by atoms with E-state index in [4.69, 9.17) is 0 Å². The molecule has 0 aliphatic carbocycles. The number of aromatic nitrogens is 1. The molecule has 9 heavy (non-hydrogen) atoms. The highest BCUT2D eigenvalue weighted by molar-refractivity contribution is 7.75. The maximum Gasteiger partial charge on any atom is 0.305 e. The molecule has 0 fully saturated rings. The number of hydrogen-bond donors (Lipinski definition) is 2. The fourth-order valence-electron chi connectivity index (χ4n) is 0.365. The third-order valence-electron chi connectivity index (χ3n) is 0.691. The van der Waals surface area contributed by atoms with Crippen LogP contribution < -0.4 is 4.87 Å². The van der Waals surface area contributed by atoms with E-state index in [0.717, 1.165) is 0 Å². The monoisotopic (exact) mass is 165 g/mol. The molecule has 0 amide bonds. The van der Waals surface area contributed by atoms with Crippen LogP contribution in [0.15, 0.2) is 15.2 Å². The summed E-state index contributed by atoms with van der Waals surface area (Å²) in [6, 6.07) is 0. The Labute approximate surface area is 56.1 Å². The van der Waals surface area contributed by atoms with Crippen molar-refractivity contribution < 1.29 is 8.42 Å². The van der Waals surface area contributed by atoms with Crippen molar-refractivity contribution in [3.05, 3.63) is 15.9 Å². The van der Waals surface area contributed by atoms with Gasteiger partial charge < -0.3 is 4.98 Å². The first-order valence-corrected chi connectivity index (χ1v) is 4.02. The molecule has 1 aromatic heterocycles. The summed E-state index contributed by atoms with van der Waals surface area (Å²) in [5.41, 5.74) is 0. The molecule has 0 radical (unpaired) electrons. The van der Waals surface area contributed by atoms with Gasteiger partial charge in [0, 0.05) is 6.20 Å². The molecule has 1 heterocycles. The van der Waals surface area contributed by atoms with Crippen molar-refractivity contribution in [2.24, 2.45) is 0 Å². The molecule has 0 atom stereocenters. The molecule has 4 nitrogen and oxygen atoms in total. The normalized spacial score (nSPS) is 10.3. The average Bonchev–Trinajstić information content (AvgIpc) is 2.14. The van der Waals surface area contributed by atoms with Gasteiger partial charge in [-0.3, -0.25) is 4.79 Å². The Morgan fingerprint density at radius 1 is 1.56 bits per heavy atom. The molecule has 0 saturated carbocycles. The van der Waals surface area contributed by atoms with Crippen molar-refractivity contribution in [1.82, 2.24) is 4.98 Å². The Hall–Kier alpha value is -0.620. The fourth-order valence-corrected chi connectivity index (χ4v) is 1.51. The smallest absolute Gasteiger partial charge is 0.305 e. The third kappa shape index (κ3) is 1.39. The van der Waals surface area contributed by atoms with Gasteiger partial charge in [0.15, 0.2) is 10.7 Å². The van der Waals surface area contributed by atoms with Gasteiger partial charge in [0.05, 0.1) is 0 Å². The van der Waals surface area contributed by atoms with Gasteiger partial charge in [-0.05, 0) is 0 Å². The number of thiazole rings is 1. The molecule has 0 aliphatic heterocycles. The van der Waals surface area contributed by atoms with Gasteiger partial charge in [0.1, 0.15) is 4.21 Å². The SMILES string of the molecule is O=c1[nH]cc([SH](=O)=O)s1. The Kier molecular flexibility index (Phi) is 1.68. The second kappa shape index (κ2) is 2.32. The second-order valence-corrected chi connectivity index (χ2v) is 3.59. The van der Waals surface area contributed by atoms with Gasteiger partial charge in [-0.15, -0.1) is 0 Å². The van der Waals surface area contributed by atoms with E-state index in [1.165, 1.54) is 6.20 Å². The van der Waals surface area contributed by atoms with Crippen molar-refractivity contribution in [2.75, 3.05) is 0 Å². The summed E-state index contributed by atoms with van der Waals surface area (Å²) in [5.74, 6) is 0. The quantitative estimate of drug-likeness (QED) is 0.546. The lowest BCUT2D eigenvalue weighted by atomic mass is 11.0. The van der Waals surface area contributed by atoms with Crippen molar-refractivity contribution in [3.8, 4) is 0 Å². The van der Waals surface area contributed by atoms with Crippen LogP contribution in [-0.4, -0.2) is 13.4 Å². The number of rotatable bonds is 1. The minimum Gasteiger partial charge on any atom is -0.318 e. The average molecular weight is 165 g/mol. The van der Waals surface area contributed by atoms with Crippen LogP contribution in [0.2, 0.25) is 0 Å². The van der Waals surface area contributed by atoms with Crippen LogP contribution in [0, 0.1) is 0 Å². The maximum absolute atomic E-state index is 10.3.